The van der Waals surface area contributed by atoms with Crippen molar-refractivity contribution in [3.63, 3.8) is 0 Å². The van der Waals surface area contributed by atoms with E-state index < -0.39 is 10.0 Å². The molecule has 1 aliphatic rings. The van der Waals surface area contributed by atoms with Crippen molar-refractivity contribution < 1.29 is 12.9 Å². The Morgan fingerprint density at radius 1 is 1.31 bits per heavy atom. The maximum absolute atomic E-state index is 12.6. The fraction of sp³-hybridized carbons (Fsp3) is 0.789. The van der Waals surface area contributed by atoms with Crippen LogP contribution in [0, 0.1) is 11.3 Å². The standard InChI is InChI=1S/C19H35N5O3S.HI/c1-6-20-18(21-15-19(4,5)13-16(2)3)23-8-10-24(11-9-23)28(25,26)14-17-7-12-27-22-17;/h7,12,16H,6,8-11,13-15H2,1-5H3,(H,20,21);1H. The van der Waals surface area contributed by atoms with Crippen molar-refractivity contribution in [2.45, 2.75) is 46.8 Å². The third kappa shape index (κ3) is 8.41. The molecule has 0 bridgehead atoms. The van der Waals surface area contributed by atoms with E-state index in [4.69, 9.17) is 9.52 Å². The highest BCUT2D eigenvalue weighted by molar-refractivity contribution is 14.0. The van der Waals surface area contributed by atoms with Crippen LogP contribution in [0.2, 0.25) is 0 Å². The number of piperazine rings is 1. The van der Waals surface area contributed by atoms with E-state index in [0.29, 0.717) is 37.8 Å². The highest BCUT2D eigenvalue weighted by atomic mass is 127. The number of aliphatic imine (C=N–C) groups is 1. The van der Waals surface area contributed by atoms with Gasteiger partial charge in [-0.05, 0) is 24.7 Å². The van der Waals surface area contributed by atoms with Gasteiger partial charge in [-0.15, -0.1) is 24.0 Å². The molecule has 1 aromatic rings. The van der Waals surface area contributed by atoms with Crippen LogP contribution in [0.25, 0.3) is 0 Å². The Bertz CT molecular complexity index is 727. The molecule has 168 valence electrons. The lowest BCUT2D eigenvalue weighted by atomic mass is 9.84. The fourth-order valence-electron chi connectivity index (χ4n) is 3.65. The van der Waals surface area contributed by atoms with Crippen molar-refractivity contribution in [1.29, 1.82) is 0 Å². The van der Waals surface area contributed by atoms with Gasteiger partial charge >= 0.3 is 0 Å². The molecule has 0 amide bonds. The number of hydrogen-bond acceptors (Lipinski definition) is 5. The van der Waals surface area contributed by atoms with Crippen LogP contribution in [-0.4, -0.2) is 68.0 Å². The predicted octanol–water partition coefficient (Wildman–Crippen LogP) is 2.78. The highest BCUT2D eigenvalue weighted by Gasteiger charge is 2.29. The molecule has 10 heteroatoms. The van der Waals surface area contributed by atoms with Crippen LogP contribution in [0.4, 0.5) is 0 Å². The number of halogens is 1. The first-order valence-electron chi connectivity index (χ1n) is 10.0. The van der Waals surface area contributed by atoms with Crippen molar-refractivity contribution in [2.75, 3.05) is 39.3 Å². The van der Waals surface area contributed by atoms with E-state index in [2.05, 4.69) is 43.1 Å². The largest absolute Gasteiger partial charge is 0.364 e. The molecule has 0 aliphatic carbocycles. The molecule has 0 unspecified atom stereocenters. The minimum Gasteiger partial charge on any atom is -0.364 e. The van der Waals surface area contributed by atoms with E-state index in [1.54, 1.807) is 6.07 Å². The summed E-state index contributed by atoms with van der Waals surface area (Å²) in [4.78, 5) is 7.00. The molecule has 1 N–H and O–H groups in total. The molecule has 1 aromatic heterocycles. The highest BCUT2D eigenvalue weighted by Crippen LogP contribution is 2.25. The van der Waals surface area contributed by atoms with E-state index in [9.17, 15) is 8.42 Å². The summed E-state index contributed by atoms with van der Waals surface area (Å²) in [7, 11) is -3.39. The molecule has 1 aliphatic heterocycles. The Morgan fingerprint density at radius 2 is 1.97 bits per heavy atom. The van der Waals surface area contributed by atoms with Gasteiger partial charge in [0.25, 0.3) is 0 Å². The lowest BCUT2D eigenvalue weighted by molar-refractivity contribution is 0.256. The van der Waals surface area contributed by atoms with Gasteiger partial charge in [0.2, 0.25) is 10.0 Å². The summed E-state index contributed by atoms with van der Waals surface area (Å²) in [6.07, 6.45) is 2.51. The fourth-order valence-corrected chi connectivity index (χ4v) is 5.08. The summed E-state index contributed by atoms with van der Waals surface area (Å²) in [5.74, 6) is 1.38. The van der Waals surface area contributed by atoms with Crippen molar-refractivity contribution in [3.05, 3.63) is 18.0 Å². The zero-order valence-corrected chi connectivity index (χ0v) is 21.4. The molecule has 0 aromatic carbocycles. The molecule has 0 radical (unpaired) electrons. The van der Waals surface area contributed by atoms with E-state index in [0.717, 1.165) is 25.5 Å². The molecule has 0 atom stereocenters. The lowest BCUT2D eigenvalue weighted by Gasteiger charge is -2.36. The van der Waals surface area contributed by atoms with Gasteiger partial charge in [0, 0.05) is 45.3 Å². The molecule has 1 saturated heterocycles. The maximum Gasteiger partial charge on any atom is 0.220 e. The van der Waals surface area contributed by atoms with E-state index in [-0.39, 0.29) is 35.1 Å². The zero-order chi connectivity index (χ0) is 20.8. The second-order valence-corrected chi connectivity index (χ2v) is 10.5. The number of hydrogen-bond donors (Lipinski definition) is 1. The van der Waals surface area contributed by atoms with Crippen molar-refractivity contribution in [2.24, 2.45) is 16.3 Å². The van der Waals surface area contributed by atoms with E-state index in [1.165, 1.54) is 10.6 Å². The van der Waals surface area contributed by atoms with Gasteiger partial charge in [-0.1, -0.05) is 32.9 Å². The third-order valence-electron chi connectivity index (χ3n) is 4.71. The average molecular weight is 542 g/mol. The van der Waals surface area contributed by atoms with Gasteiger partial charge in [0.05, 0.1) is 5.69 Å². The van der Waals surface area contributed by atoms with Crippen LogP contribution in [0.3, 0.4) is 0 Å². The monoisotopic (exact) mass is 541 g/mol. The number of guanidine groups is 1. The van der Waals surface area contributed by atoms with Gasteiger partial charge in [-0.2, -0.15) is 4.31 Å². The quantitative estimate of drug-likeness (QED) is 0.309. The molecule has 1 fully saturated rings. The second kappa shape index (κ2) is 11.5. The normalized spacial score (nSPS) is 16.8. The van der Waals surface area contributed by atoms with Crippen molar-refractivity contribution in [3.8, 4) is 0 Å². The van der Waals surface area contributed by atoms with Crippen molar-refractivity contribution >= 4 is 40.0 Å². The number of nitrogens with zero attached hydrogens (tertiary/aromatic N) is 4. The molecule has 8 nitrogen and oxygen atoms in total. The van der Waals surface area contributed by atoms with E-state index in [1.807, 2.05) is 6.92 Å². The minimum absolute atomic E-state index is 0. The first-order chi connectivity index (χ1) is 13.1. The first kappa shape index (κ1) is 26.2. The molecule has 0 saturated carbocycles. The third-order valence-corrected chi connectivity index (χ3v) is 6.52. The van der Waals surface area contributed by atoms with Gasteiger partial charge in [0.1, 0.15) is 12.0 Å². The number of rotatable bonds is 8. The summed E-state index contributed by atoms with van der Waals surface area (Å²) >= 11 is 0. The summed E-state index contributed by atoms with van der Waals surface area (Å²) in [5.41, 5.74) is 0.571. The van der Waals surface area contributed by atoms with Crippen LogP contribution < -0.4 is 5.32 Å². The summed E-state index contributed by atoms with van der Waals surface area (Å²) in [6.45, 7) is 14.7. The molecule has 2 rings (SSSR count). The Labute approximate surface area is 192 Å². The summed E-state index contributed by atoms with van der Waals surface area (Å²) < 4.78 is 31.5. The Kier molecular flexibility index (Phi) is 10.4. The molecule has 0 spiro atoms. The predicted molar refractivity (Wildman–Crippen MR) is 127 cm³/mol. The lowest BCUT2D eigenvalue weighted by Crippen LogP contribution is -2.54. The number of aromatic nitrogens is 1. The van der Waals surface area contributed by atoms with Crippen LogP contribution in [0.15, 0.2) is 21.8 Å². The van der Waals surface area contributed by atoms with Crippen LogP contribution >= 0.6 is 24.0 Å². The molecular formula is C19H36IN5O3S. The van der Waals surface area contributed by atoms with E-state index >= 15 is 0 Å². The first-order valence-corrected chi connectivity index (χ1v) is 11.6. The SMILES string of the molecule is CCNC(=NCC(C)(C)CC(C)C)N1CCN(S(=O)(=O)Cc2ccon2)CC1.I. The van der Waals surface area contributed by atoms with Gasteiger partial charge in [0.15, 0.2) is 5.96 Å². The van der Waals surface area contributed by atoms with Gasteiger partial charge in [-0.3, -0.25) is 4.99 Å². The van der Waals surface area contributed by atoms with Crippen molar-refractivity contribution in [1.82, 2.24) is 19.7 Å². The molecule has 2 heterocycles. The maximum atomic E-state index is 12.6. The summed E-state index contributed by atoms with van der Waals surface area (Å²) in [5, 5.41) is 7.06. The van der Waals surface area contributed by atoms with Crippen LogP contribution in [0.5, 0.6) is 0 Å². The number of nitrogens with one attached hydrogen (secondary N) is 1. The molecular weight excluding hydrogens is 505 g/mol. The summed E-state index contributed by atoms with van der Waals surface area (Å²) in [6, 6.07) is 1.59. The Hall–Kier alpha value is -0.880. The Morgan fingerprint density at radius 3 is 2.48 bits per heavy atom. The zero-order valence-electron chi connectivity index (χ0n) is 18.2. The average Bonchev–Trinajstić information content (AvgIpc) is 3.10. The van der Waals surface area contributed by atoms with Gasteiger partial charge < -0.3 is 14.7 Å². The molecule has 29 heavy (non-hydrogen) atoms. The second-order valence-electron chi connectivity index (χ2n) is 8.57. The number of sulfonamides is 1. The smallest absolute Gasteiger partial charge is 0.220 e. The van der Waals surface area contributed by atoms with Crippen LogP contribution in [-0.2, 0) is 15.8 Å². The minimum atomic E-state index is -3.39. The Balaban J connectivity index is 0.00000420. The van der Waals surface area contributed by atoms with Gasteiger partial charge in [-0.25, -0.2) is 8.42 Å². The van der Waals surface area contributed by atoms with Crippen LogP contribution in [0.1, 0.15) is 46.7 Å². The topological polar surface area (TPSA) is 91.0 Å².